The highest BCUT2D eigenvalue weighted by Crippen LogP contribution is 2.19. The third kappa shape index (κ3) is 3.79. The van der Waals surface area contributed by atoms with E-state index in [1.165, 1.54) is 11.3 Å². The minimum atomic E-state index is -1.12. The lowest BCUT2D eigenvalue weighted by molar-refractivity contribution is -0.148. The number of rotatable bonds is 5. The molecule has 0 radical (unpaired) electrons. The van der Waals surface area contributed by atoms with E-state index in [1.807, 2.05) is 0 Å². The maximum Gasteiger partial charge on any atom is 0.326 e. The van der Waals surface area contributed by atoms with Crippen LogP contribution in [0.2, 0.25) is 0 Å². The molecular formula is C13H16N2O5S. The van der Waals surface area contributed by atoms with Crippen molar-refractivity contribution in [3.63, 3.8) is 0 Å². The number of carboxylic acid groups (broad SMARTS) is 1. The normalized spacial score (nSPS) is 21.3. The number of nitrogens with zero attached hydrogens (tertiary/aromatic N) is 1. The number of thiophene rings is 1. The molecule has 0 spiro atoms. The van der Waals surface area contributed by atoms with Crippen LogP contribution in [-0.4, -0.2) is 58.1 Å². The molecule has 2 heterocycles. The summed E-state index contributed by atoms with van der Waals surface area (Å²) in [5, 5.41) is 24.6. The van der Waals surface area contributed by atoms with Gasteiger partial charge < -0.3 is 20.4 Å². The van der Waals surface area contributed by atoms with Crippen LogP contribution >= 0.6 is 11.3 Å². The average molecular weight is 312 g/mol. The summed E-state index contributed by atoms with van der Waals surface area (Å²) in [7, 11) is 0. The summed E-state index contributed by atoms with van der Waals surface area (Å²) >= 11 is 1.40. The zero-order chi connectivity index (χ0) is 15.4. The van der Waals surface area contributed by atoms with E-state index >= 15 is 0 Å². The standard InChI is InChI=1S/C13H16N2O5S/c16-9-5-10(13(19)20)15(6-9)11(17)1-3-14-12(18)8-2-4-21-7-8/h2,4,7,9-10,16H,1,3,5-6H2,(H,14,18)(H,19,20)/t9-,10-/m0/s1. The lowest BCUT2D eigenvalue weighted by Gasteiger charge is -2.21. The number of carboxylic acids is 1. The Labute approximate surface area is 125 Å². The molecule has 8 heteroatoms. The summed E-state index contributed by atoms with van der Waals surface area (Å²) in [6, 6.07) is 0.694. The molecule has 1 saturated heterocycles. The molecule has 2 amide bonds. The molecule has 2 rings (SSSR count). The monoisotopic (exact) mass is 312 g/mol. The maximum atomic E-state index is 12.0. The lowest BCUT2D eigenvalue weighted by atomic mass is 10.2. The Balaban J connectivity index is 1.81. The van der Waals surface area contributed by atoms with Gasteiger partial charge in [-0.3, -0.25) is 9.59 Å². The first-order chi connectivity index (χ1) is 9.99. The minimum Gasteiger partial charge on any atom is -0.480 e. The van der Waals surface area contributed by atoms with Crippen LogP contribution < -0.4 is 5.32 Å². The van der Waals surface area contributed by atoms with E-state index in [1.54, 1.807) is 16.8 Å². The van der Waals surface area contributed by atoms with Gasteiger partial charge in [-0.05, 0) is 11.4 Å². The Bertz CT molecular complexity index is 531. The number of amides is 2. The number of nitrogens with one attached hydrogen (secondary N) is 1. The van der Waals surface area contributed by atoms with Crippen molar-refractivity contribution in [1.29, 1.82) is 0 Å². The first kappa shape index (κ1) is 15.5. The molecule has 3 N–H and O–H groups in total. The highest BCUT2D eigenvalue weighted by molar-refractivity contribution is 7.08. The van der Waals surface area contributed by atoms with E-state index in [-0.39, 0.29) is 37.7 Å². The molecule has 2 atom stereocenters. The summed E-state index contributed by atoms with van der Waals surface area (Å²) in [4.78, 5) is 35.8. The summed E-state index contributed by atoms with van der Waals surface area (Å²) in [6.45, 7) is 0.153. The summed E-state index contributed by atoms with van der Waals surface area (Å²) in [5.41, 5.74) is 0.535. The second-order valence-corrected chi connectivity index (χ2v) is 5.59. The van der Waals surface area contributed by atoms with Crippen LogP contribution in [0.3, 0.4) is 0 Å². The van der Waals surface area contributed by atoms with Crippen LogP contribution in [0.4, 0.5) is 0 Å². The first-order valence-electron chi connectivity index (χ1n) is 6.49. The predicted octanol–water partition coefficient (Wildman–Crippen LogP) is -0.0856. The van der Waals surface area contributed by atoms with E-state index in [9.17, 15) is 19.5 Å². The van der Waals surface area contributed by atoms with Crippen LogP contribution in [0.25, 0.3) is 0 Å². The topological polar surface area (TPSA) is 107 Å². The molecule has 1 aromatic heterocycles. The van der Waals surface area contributed by atoms with Crippen molar-refractivity contribution in [2.75, 3.05) is 13.1 Å². The van der Waals surface area contributed by atoms with Crippen molar-refractivity contribution >= 4 is 29.1 Å². The number of carbonyl (C=O) groups is 3. The Morgan fingerprint density at radius 1 is 1.43 bits per heavy atom. The molecule has 0 saturated carbocycles. The van der Waals surface area contributed by atoms with Gasteiger partial charge >= 0.3 is 5.97 Å². The van der Waals surface area contributed by atoms with Gasteiger partial charge in [-0.25, -0.2) is 4.79 Å². The van der Waals surface area contributed by atoms with Crippen molar-refractivity contribution in [3.8, 4) is 0 Å². The predicted molar refractivity (Wildman–Crippen MR) is 75.0 cm³/mol. The molecule has 1 fully saturated rings. The van der Waals surface area contributed by atoms with Gasteiger partial charge in [0.15, 0.2) is 0 Å². The number of carbonyl (C=O) groups excluding carboxylic acids is 2. The Hall–Kier alpha value is -1.93. The molecular weight excluding hydrogens is 296 g/mol. The van der Waals surface area contributed by atoms with E-state index in [4.69, 9.17) is 5.11 Å². The van der Waals surface area contributed by atoms with Crippen LogP contribution in [0.15, 0.2) is 16.8 Å². The molecule has 1 aromatic rings. The number of β-amino-alcohol motifs (C(OH)–C–C–N with tert-alkyl or cyclic N) is 1. The second-order valence-electron chi connectivity index (χ2n) is 4.81. The highest BCUT2D eigenvalue weighted by Gasteiger charge is 2.38. The van der Waals surface area contributed by atoms with E-state index in [0.717, 1.165) is 4.90 Å². The van der Waals surface area contributed by atoms with Gasteiger partial charge in [-0.15, -0.1) is 0 Å². The fourth-order valence-corrected chi connectivity index (χ4v) is 2.88. The van der Waals surface area contributed by atoms with Crippen molar-refractivity contribution in [3.05, 3.63) is 22.4 Å². The van der Waals surface area contributed by atoms with Crippen molar-refractivity contribution in [1.82, 2.24) is 10.2 Å². The molecule has 0 bridgehead atoms. The molecule has 0 aliphatic carbocycles. The fraction of sp³-hybridized carbons (Fsp3) is 0.462. The van der Waals surface area contributed by atoms with Crippen molar-refractivity contribution in [2.24, 2.45) is 0 Å². The Morgan fingerprint density at radius 2 is 2.19 bits per heavy atom. The number of hydrogen-bond acceptors (Lipinski definition) is 5. The smallest absolute Gasteiger partial charge is 0.326 e. The fourth-order valence-electron chi connectivity index (χ4n) is 2.25. The Morgan fingerprint density at radius 3 is 2.81 bits per heavy atom. The SMILES string of the molecule is O=C(NCCC(=O)N1C[C@@H](O)C[C@H]1C(=O)O)c1ccsc1. The second kappa shape index (κ2) is 6.68. The average Bonchev–Trinajstić information content (AvgIpc) is 3.07. The molecule has 7 nitrogen and oxygen atoms in total. The largest absolute Gasteiger partial charge is 0.480 e. The van der Waals surface area contributed by atoms with Crippen LogP contribution in [0.1, 0.15) is 23.2 Å². The van der Waals surface area contributed by atoms with Crippen LogP contribution in [0, 0.1) is 0 Å². The van der Waals surface area contributed by atoms with Gasteiger partial charge in [0.25, 0.3) is 5.91 Å². The molecule has 0 aromatic carbocycles. The van der Waals surface area contributed by atoms with Gasteiger partial charge in [0.2, 0.25) is 5.91 Å². The highest BCUT2D eigenvalue weighted by atomic mass is 32.1. The number of aliphatic carboxylic acids is 1. The number of aliphatic hydroxyl groups excluding tert-OH is 1. The minimum absolute atomic E-state index is 0.00633. The summed E-state index contributed by atoms with van der Waals surface area (Å²) in [6.07, 6.45) is -0.759. The van der Waals surface area contributed by atoms with Gasteiger partial charge in [0.1, 0.15) is 6.04 Å². The van der Waals surface area contributed by atoms with Crippen molar-refractivity contribution < 1.29 is 24.6 Å². The van der Waals surface area contributed by atoms with Crippen LogP contribution in [-0.2, 0) is 9.59 Å². The molecule has 0 unspecified atom stereocenters. The number of aliphatic hydroxyl groups is 1. The van der Waals surface area contributed by atoms with Gasteiger partial charge in [-0.1, -0.05) is 0 Å². The van der Waals surface area contributed by atoms with Gasteiger partial charge in [-0.2, -0.15) is 11.3 Å². The molecule has 1 aliphatic rings. The number of hydrogen-bond donors (Lipinski definition) is 3. The first-order valence-corrected chi connectivity index (χ1v) is 7.44. The van der Waals surface area contributed by atoms with E-state index in [0.29, 0.717) is 5.56 Å². The van der Waals surface area contributed by atoms with Crippen LogP contribution in [0.5, 0.6) is 0 Å². The quantitative estimate of drug-likeness (QED) is 0.704. The van der Waals surface area contributed by atoms with Crippen molar-refractivity contribution in [2.45, 2.75) is 25.0 Å². The zero-order valence-corrected chi connectivity index (χ0v) is 12.0. The van der Waals surface area contributed by atoms with E-state index < -0.39 is 18.1 Å². The van der Waals surface area contributed by atoms with Gasteiger partial charge in [0, 0.05) is 36.9 Å². The van der Waals surface area contributed by atoms with Gasteiger partial charge in [0.05, 0.1) is 6.10 Å². The Kier molecular flexibility index (Phi) is 4.92. The molecule has 21 heavy (non-hydrogen) atoms. The summed E-state index contributed by atoms with van der Waals surface area (Å²) < 4.78 is 0. The third-order valence-electron chi connectivity index (χ3n) is 3.29. The zero-order valence-electron chi connectivity index (χ0n) is 11.2. The molecule has 114 valence electrons. The molecule has 1 aliphatic heterocycles. The third-order valence-corrected chi connectivity index (χ3v) is 3.98. The maximum absolute atomic E-state index is 12.0. The lowest BCUT2D eigenvalue weighted by Crippen LogP contribution is -2.41. The number of likely N-dealkylation sites (tertiary alicyclic amines) is 1. The van der Waals surface area contributed by atoms with E-state index in [2.05, 4.69) is 5.32 Å². The summed E-state index contributed by atoms with van der Waals surface area (Å²) in [5.74, 6) is -1.77.